The van der Waals surface area contributed by atoms with Crippen molar-refractivity contribution >= 4 is 0 Å². The van der Waals surface area contributed by atoms with E-state index in [4.69, 9.17) is 11.5 Å². The Morgan fingerprint density at radius 1 is 0.714 bits per heavy atom. The molecular weight excluding hydrogens is 260 g/mol. The Bertz CT molecular complexity index is 200. The molecule has 5 N–H and O–H groups in total. The average molecular weight is 301 g/mol. The van der Waals surface area contributed by atoms with Crippen molar-refractivity contribution in [2.45, 2.75) is 109 Å². The van der Waals surface area contributed by atoms with Crippen LogP contribution in [-0.4, -0.2) is 23.8 Å². The molecule has 3 heteroatoms. The number of unbranched alkanes of at least 4 members (excludes halogenated alkanes) is 12. The standard InChI is InChI=1S/C18H40N2O/c1-2-3-4-5-6-7-8-9-10-11-12-13-14-15-18(21)17(20)16-19/h17-18,21H,2-16,19-20H2,1H3/t17-,18-/m1/s1. The van der Waals surface area contributed by atoms with Crippen molar-refractivity contribution in [1.29, 1.82) is 0 Å². The van der Waals surface area contributed by atoms with Gasteiger partial charge in [-0.2, -0.15) is 0 Å². The van der Waals surface area contributed by atoms with Crippen LogP contribution < -0.4 is 11.5 Å². The zero-order valence-corrected chi connectivity index (χ0v) is 14.4. The Kier molecular flexibility index (Phi) is 16.2. The largest absolute Gasteiger partial charge is 0.391 e. The predicted octanol–water partition coefficient (Wildman–Crippen LogP) is 4.11. The summed E-state index contributed by atoms with van der Waals surface area (Å²) in [5.74, 6) is 0. The SMILES string of the molecule is CCCCCCCCCCCCCCC[C@@H](O)[C@H](N)CN. The van der Waals surface area contributed by atoms with Gasteiger partial charge in [-0.3, -0.25) is 0 Å². The first-order valence-corrected chi connectivity index (χ1v) is 9.36. The van der Waals surface area contributed by atoms with Gasteiger partial charge in [-0.05, 0) is 6.42 Å². The molecular formula is C18H40N2O. The normalized spacial score (nSPS) is 14.3. The molecule has 0 bridgehead atoms. The van der Waals surface area contributed by atoms with Crippen molar-refractivity contribution in [1.82, 2.24) is 0 Å². The van der Waals surface area contributed by atoms with Crippen LogP contribution in [0.25, 0.3) is 0 Å². The summed E-state index contributed by atoms with van der Waals surface area (Å²) in [6.45, 7) is 2.65. The van der Waals surface area contributed by atoms with Gasteiger partial charge in [0.15, 0.2) is 0 Å². The van der Waals surface area contributed by atoms with E-state index >= 15 is 0 Å². The van der Waals surface area contributed by atoms with E-state index in [9.17, 15) is 5.11 Å². The van der Waals surface area contributed by atoms with Gasteiger partial charge in [-0.25, -0.2) is 0 Å². The van der Waals surface area contributed by atoms with Gasteiger partial charge in [0.2, 0.25) is 0 Å². The van der Waals surface area contributed by atoms with Gasteiger partial charge < -0.3 is 16.6 Å². The summed E-state index contributed by atoms with van der Waals surface area (Å²) in [4.78, 5) is 0. The van der Waals surface area contributed by atoms with Crippen LogP contribution in [0.2, 0.25) is 0 Å². The molecule has 0 spiro atoms. The monoisotopic (exact) mass is 300 g/mol. The second-order valence-corrected chi connectivity index (χ2v) is 6.50. The topological polar surface area (TPSA) is 72.3 Å². The molecule has 0 saturated heterocycles. The lowest BCUT2D eigenvalue weighted by atomic mass is 10.0. The summed E-state index contributed by atoms with van der Waals surface area (Å²) in [5, 5.41) is 9.69. The van der Waals surface area contributed by atoms with Gasteiger partial charge in [0, 0.05) is 12.6 Å². The molecule has 0 rings (SSSR count). The molecule has 21 heavy (non-hydrogen) atoms. The molecule has 0 radical (unpaired) electrons. The van der Waals surface area contributed by atoms with Crippen molar-refractivity contribution in [3.63, 3.8) is 0 Å². The lowest BCUT2D eigenvalue weighted by Gasteiger charge is -2.16. The average Bonchev–Trinajstić information content (AvgIpc) is 2.50. The number of rotatable bonds is 16. The Morgan fingerprint density at radius 3 is 1.48 bits per heavy atom. The summed E-state index contributed by atoms with van der Waals surface area (Å²) in [7, 11) is 0. The third-order valence-electron chi connectivity index (χ3n) is 4.37. The van der Waals surface area contributed by atoms with Gasteiger partial charge in [0.1, 0.15) is 0 Å². The third kappa shape index (κ3) is 14.6. The fourth-order valence-electron chi connectivity index (χ4n) is 2.74. The van der Waals surface area contributed by atoms with Crippen LogP contribution >= 0.6 is 0 Å². The highest BCUT2D eigenvalue weighted by Gasteiger charge is 2.11. The lowest BCUT2D eigenvalue weighted by molar-refractivity contribution is 0.134. The van der Waals surface area contributed by atoms with Crippen LogP contribution in [0.5, 0.6) is 0 Å². The smallest absolute Gasteiger partial charge is 0.0703 e. The molecule has 0 aromatic heterocycles. The summed E-state index contributed by atoms with van der Waals surface area (Å²) >= 11 is 0. The van der Waals surface area contributed by atoms with Crippen LogP contribution in [0.1, 0.15) is 96.8 Å². The molecule has 0 aromatic carbocycles. The van der Waals surface area contributed by atoms with Crippen LogP contribution in [-0.2, 0) is 0 Å². The Hall–Kier alpha value is -0.120. The van der Waals surface area contributed by atoms with Gasteiger partial charge >= 0.3 is 0 Å². The molecule has 128 valence electrons. The molecule has 0 heterocycles. The molecule has 0 aliphatic rings. The van der Waals surface area contributed by atoms with E-state index in [0.717, 1.165) is 12.8 Å². The summed E-state index contributed by atoms with van der Waals surface area (Å²) < 4.78 is 0. The maximum absolute atomic E-state index is 9.69. The zero-order chi connectivity index (χ0) is 15.8. The van der Waals surface area contributed by atoms with Crippen LogP contribution in [0.4, 0.5) is 0 Å². The number of hydrogen-bond acceptors (Lipinski definition) is 3. The van der Waals surface area contributed by atoms with E-state index in [-0.39, 0.29) is 6.04 Å². The number of hydrogen-bond donors (Lipinski definition) is 3. The molecule has 2 atom stereocenters. The minimum absolute atomic E-state index is 0.248. The van der Waals surface area contributed by atoms with Gasteiger partial charge in [-0.1, -0.05) is 90.4 Å². The van der Waals surface area contributed by atoms with E-state index in [1.807, 2.05) is 0 Å². The van der Waals surface area contributed by atoms with Gasteiger partial charge in [-0.15, -0.1) is 0 Å². The van der Waals surface area contributed by atoms with Gasteiger partial charge in [0.25, 0.3) is 0 Å². The second-order valence-electron chi connectivity index (χ2n) is 6.50. The van der Waals surface area contributed by atoms with Crippen molar-refractivity contribution in [2.75, 3.05) is 6.54 Å². The fraction of sp³-hybridized carbons (Fsp3) is 1.00. The third-order valence-corrected chi connectivity index (χ3v) is 4.37. The number of nitrogens with two attached hydrogens (primary N) is 2. The molecule has 0 aromatic rings. The van der Waals surface area contributed by atoms with Crippen molar-refractivity contribution < 1.29 is 5.11 Å². The van der Waals surface area contributed by atoms with E-state index < -0.39 is 6.10 Å². The van der Waals surface area contributed by atoms with Crippen LogP contribution in [0.15, 0.2) is 0 Å². The molecule has 0 aliphatic heterocycles. The van der Waals surface area contributed by atoms with Gasteiger partial charge in [0.05, 0.1) is 6.10 Å². The molecule has 0 aliphatic carbocycles. The minimum Gasteiger partial charge on any atom is -0.391 e. The Labute approximate surface area is 132 Å². The van der Waals surface area contributed by atoms with E-state index in [2.05, 4.69) is 6.92 Å². The minimum atomic E-state index is -0.414. The van der Waals surface area contributed by atoms with E-state index in [0.29, 0.717) is 6.54 Å². The highest BCUT2D eigenvalue weighted by molar-refractivity contribution is 4.71. The summed E-state index contributed by atoms with van der Waals surface area (Å²) in [5.41, 5.74) is 11.1. The second kappa shape index (κ2) is 16.3. The van der Waals surface area contributed by atoms with Crippen molar-refractivity contribution in [3.8, 4) is 0 Å². The first-order valence-electron chi connectivity index (χ1n) is 9.36. The quantitative estimate of drug-likeness (QED) is 0.375. The molecule has 0 saturated carbocycles. The first-order chi connectivity index (χ1) is 10.2. The first kappa shape index (κ1) is 20.9. The van der Waals surface area contributed by atoms with Crippen LogP contribution in [0, 0.1) is 0 Å². The fourth-order valence-corrected chi connectivity index (χ4v) is 2.74. The highest BCUT2D eigenvalue weighted by Crippen LogP contribution is 2.13. The molecule has 0 unspecified atom stereocenters. The predicted molar refractivity (Wildman–Crippen MR) is 93.3 cm³/mol. The molecule has 0 fully saturated rings. The van der Waals surface area contributed by atoms with Crippen LogP contribution in [0.3, 0.4) is 0 Å². The zero-order valence-electron chi connectivity index (χ0n) is 14.4. The highest BCUT2D eigenvalue weighted by atomic mass is 16.3. The summed E-state index contributed by atoms with van der Waals surface area (Å²) in [6, 6.07) is -0.248. The number of aliphatic hydroxyl groups excluding tert-OH is 1. The maximum atomic E-state index is 9.69. The lowest BCUT2D eigenvalue weighted by Crippen LogP contribution is -2.40. The molecule has 3 nitrogen and oxygen atoms in total. The van der Waals surface area contributed by atoms with E-state index in [1.54, 1.807) is 0 Å². The van der Waals surface area contributed by atoms with E-state index in [1.165, 1.54) is 77.0 Å². The van der Waals surface area contributed by atoms with Crippen molar-refractivity contribution in [2.24, 2.45) is 11.5 Å². The maximum Gasteiger partial charge on any atom is 0.0703 e. The van der Waals surface area contributed by atoms with Crippen molar-refractivity contribution in [3.05, 3.63) is 0 Å². The Morgan fingerprint density at radius 2 is 1.10 bits per heavy atom. The summed E-state index contributed by atoms with van der Waals surface area (Å²) in [6.07, 6.45) is 18.0. The Balaban J connectivity index is 3.09. The molecule has 0 amide bonds. The number of aliphatic hydroxyl groups is 1.